The molecule has 0 aliphatic carbocycles. The van der Waals surface area contributed by atoms with Crippen LogP contribution < -0.4 is 0 Å². The number of carbonyl (C=O) groups is 2. The summed E-state index contributed by atoms with van der Waals surface area (Å²) in [4.78, 5) is 37.8. The fraction of sp³-hybridized carbons (Fsp3) is 0.360. The number of hydrogen-bond donors (Lipinski definition) is 1. The first-order valence-electron chi connectivity index (χ1n) is 11.7. The minimum Gasteiger partial charge on any atom is -0.507 e. The van der Waals surface area contributed by atoms with Crippen LogP contribution in [0.25, 0.3) is 5.76 Å². The third kappa shape index (κ3) is 5.55. The van der Waals surface area contributed by atoms with Gasteiger partial charge in [-0.2, -0.15) is 4.31 Å². The smallest absolute Gasteiger partial charge is 0.295 e. The number of carbonyl (C=O) groups excluding carboxylic acids is 2. The van der Waals surface area contributed by atoms with E-state index in [1.807, 2.05) is 0 Å². The van der Waals surface area contributed by atoms with Crippen molar-refractivity contribution in [3.05, 3.63) is 75.3 Å². The van der Waals surface area contributed by atoms with Crippen LogP contribution in [-0.2, 0) is 24.3 Å². The van der Waals surface area contributed by atoms with E-state index in [9.17, 15) is 33.2 Å². The molecule has 1 fully saturated rings. The van der Waals surface area contributed by atoms with E-state index in [0.717, 1.165) is 0 Å². The highest BCUT2D eigenvalue weighted by molar-refractivity contribution is 7.89. The maximum Gasteiger partial charge on any atom is 0.295 e. The number of Topliss-reactive ketones (excluding diaryl/α,β-unsaturated/α-hetero) is 1. The first-order valence-corrected chi connectivity index (χ1v) is 13.1. The van der Waals surface area contributed by atoms with Crippen molar-refractivity contribution < 1.29 is 32.8 Å². The van der Waals surface area contributed by atoms with Crippen LogP contribution in [0.1, 0.15) is 37.4 Å². The van der Waals surface area contributed by atoms with Gasteiger partial charge in [0.05, 0.1) is 21.4 Å². The van der Waals surface area contributed by atoms with Gasteiger partial charge in [0.15, 0.2) is 0 Å². The molecule has 1 amide bonds. The van der Waals surface area contributed by atoms with Crippen molar-refractivity contribution in [2.45, 2.75) is 31.2 Å². The minimum absolute atomic E-state index is 0.0275. The molecule has 1 aliphatic rings. The van der Waals surface area contributed by atoms with Gasteiger partial charge in [-0.15, -0.1) is 0 Å². The number of rotatable bonds is 11. The van der Waals surface area contributed by atoms with Crippen LogP contribution in [0.3, 0.4) is 0 Å². The molecule has 1 atom stereocenters. The molecule has 12 heteroatoms. The summed E-state index contributed by atoms with van der Waals surface area (Å²) < 4.78 is 31.9. The molecule has 0 saturated carbocycles. The molecule has 0 spiro atoms. The number of sulfonamides is 1. The average Bonchev–Trinajstić information content (AvgIpc) is 3.14. The first kappa shape index (κ1) is 28.0. The highest BCUT2D eigenvalue weighted by Crippen LogP contribution is 2.40. The second kappa shape index (κ2) is 11.6. The van der Waals surface area contributed by atoms with E-state index < -0.39 is 38.4 Å². The fourth-order valence-corrected chi connectivity index (χ4v) is 5.73. The van der Waals surface area contributed by atoms with E-state index in [1.54, 1.807) is 13.8 Å². The van der Waals surface area contributed by atoms with Gasteiger partial charge in [0.25, 0.3) is 17.4 Å². The molecule has 198 valence electrons. The second-order valence-corrected chi connectivity index (χ2v) is 10.2. The molecule has 37 heavy (non-hydrogen) atoms. The summed E-state index contributed by atoms with van der Waals surface area (Å²) in [5, 5.41) is 22.2. The Morgan fingerprint density at radius 1 is 1.08 bits per heavy atom. The van der Waals surface area contributed by atoms with E-state index >= 15 is 0 Å². The topological polar surface area (TPSA) is 147 Å². The Kier molecular flexibility index (Phi) is 8.79. The highest BCUT2D eigenvalue weighted by Gasteiger charge is 2.45. The standard InChI is InChI=1S/C25H29N3O8S/c1-4-26(5-2)37(34,35)20-13-9-18(10-14-20)23(29)21-22(17-7-11-19(12-8-17)28(32)33)27(15-6-16-36-3)25(31)24(21)30/h7-14,22,29H,4-6,15-16H2,1-3H3/b23-21-. The molecular weight excluding hydrogens is 502 g/mol. The van der Waals surface area contributed by atoms with Crippen LogP contribution in [0, 0.1) is 10.1 Å². The highest BCUT2D eigenvalue weighted by atomic mass is 32.2. The molecule has 1 heterocycles. The molecule has 0 radical (unpaired) electrons. The summed E-state index contributed by atoms with van der Waals surface area (Å²) in [6.07, 6.45) is 0.422. The molecule has 0 bridgehead atoms. The zero-order valence-corrected chi connectivity index (χ0v) is 21.6. The molecule has 3 rings (SSSR count). The van der Waals surface area contributed by atoms with Crippen LogP contribution in [0.5, 0.6) is 0 Å². The Morgan fingerprint density at radius 2 is 1.68 bits per heavy atom. The van der Waals surface area contributed by atoms with Crippen LogP contribution in [0.4, 0.5) is 5.69 Å². The quantitative estimate of drug-likeness (QED) is 0.116. The second-order valence-electron chi connectivity index (χ2n) is 8.30. The van der Waals surface area contributed by atoms with Gasteiger partial charge in [0, 0.05) is 51.0 Å². The van der Waals surface area contributed by atoms with Crippen molar-refractivity contribution >= 4 is 33.2 Å². The number of hydrogen-bond acceptors (Lipinski definition) is 8. The number of benzene rings is 2. The third-order valence-electron chi connectivity index (χ3n) is 6.18. The van der Waals surface area contributed by atoms with Crippen LogP contribution in [0.15, 0.2) is 59.0 Å². The predicted molar refractivity (Wildman–Crippen MR) is 135 cm³/mol. The number of ketones is 1. The lowest BCUT2D eigenvalue weighted by Gasteiger charge is -2.25. The van der Waals surface area contributed by atoms with Crippen LogP contribution >= 0.6 is 0 Å². The lowest BCUT2D eigenvalue weighted by Crippen LogP contribution is -2.31. The number of likely N-dealkylation sites (tertiary alicyclic amines) is 1. The molecule has 2 aromatic carbocycles. The maximum absolute atomic E-state index is 13.1. The number of aliphatic hydroxyl groups is 1. The zero-order valence-electron chi connectivity index (χ0n) is 20.8. The number of methoxy groups -OCH3 is 1. The lowest BCUT2D eigenvalue weighted by molar-refractivity contribution is -0.384. The number of ether oxygens (including phenoxy) is 1. The minimum atomic E-state index is -3.73. The summed E-state index contributed by atoms with van der Waals surface area (Å²) in [5.41, 5.74) is 0.213. The van der Waals surface area contributed by atoms with E-state index in [4.69, 9.17) is 4.74 Å². The zero-order chi connectivity index (χ0) is 27.3. The van der Waals surface area contributed by atoms with E-state index in [-0.39, 0.29) is 28.3 Å². The molecular formula is C25H29N3O8S. The van der Waals surface area contributed by atoms with Crippen molar-refractivity contribution in [3.63, 3.8) is 0 Å². The lowest BCUT2D eigenvalue weighted by atomic mass is 9.95. The number of amides is 1. The third-order valence-corrected chi connectivity index (χ3v) is 8.24. The van der Waals surface area contributed by atoms with Crippen molar-refractivity contribution in [2.75, 3.05) is 33.4 Å². The largest absolute Gasteiger partial charge is 0.507 e. The molecule has 1 N–H and O–H groups in total. The van der Waals surface area contributed by atoms with Gasteiger partial charge in [0.2, 0.25) is 10.0 Å². The summed E-state index contributed by atoms with van der Waals surface area (Å²) in [7, 11) is -2.22. The number of non-ortho nitro benzene ring substituents is 1. The Bertz CT molecular complexity index is 1300. The fourth-order valence-electron chi connectivity index (χ4n) is 4.27. The number of nitro benzene ring substituents is 1. The van der Waals surface area contributed by atoms with Gasteiger partial charge >= 0.3 is 0 Å². The molecule has 1 aliphatic heterocycles. The molecule has 0 aromatic heterocycles. The predicted octanol–water partition coefficient (Wildman–Crippen LogP) is 3.08. The summed E-state index contributed by atoms with van der Waals surface area (Å²) in [5.74, 6) is -2.19. The Hall–Kier alpha value is -3.61. The Labute approximate surface area is 215 Å². The normalized spacial score (nSPS) is 17.5. The van der Waals surface area contributed by atoms with E-state index in [1.165, 1.54) is 64.8 Å². The Morgan fingerprint density at radius 3 is 2.19 bits per heavy atom. The van der Waals surface area contributed by atoms with Crippen molar-refractivity contribution in [2.24, 2.45) is 0 Å². The Balaban J connectivity index is 2.09. The SMILES string of the molecule is CCN(CC)S(=O)(=O)c1ccc(/C(O)=C2/C(=O)C(=O)N(CCCOC)C2c2ccc([N+](=O)[O-])cc2)cc1. The van der Waals surface area contributed by atoms with E-state index in [2.05, 4.69) is 0 Å². The van der Waals surface area contributed by atoms with Gasteiger partial charge in [-0.3, -0.25) is 19.7 Å². The van der Waals surface area contributed by atoms with Crippen LogP contribution in [-0.4, -0.2) is 72.7 Å². The van der Waals surface area contributed by atoms with Crippen molar-refractivity contribution in [3.8, 4) is 0 Å². The molecule has 11 nitrogen and oxygen atoms in total. The van der Waals surface area contributed by atoms with Gasteiger partial charge in [-0.25, -0.2) is 8.42 Å². The van der Waals surface area contributed by atoms with Gasteiger partial charge < -0.3 is 14.7 Å². The molecule has 1 unspecified atom stereocenters. The number of aliphatic hydroxyl groups excluding tert-OH is 1. The summed E-state index contributed by atoms with van der Waals surface area (Å²) >= 11 is 0. The maximum atomic E-state index is 13.1. The van der Waals surface area contributed by atoms with Crippen molar-refractivity contribution in [1.29, 1.82) is 0 Å². The molecule has 1 saturated heterocycles. The number of nitro groups is 1. The molecule has 2 aromatic rings. The monoisotopic (exact) mass is 531 g/mol. The van der Waals surface area contributed by atoms with Crippen molar-refractivity contribution in [1.82, 2.24) is 9.21 Å². The number of nitrogens with zero attached hydrogens (tertiary/aromatic N) is 3. The van der Waals surface area contributed by atoms with Crippen LogP contribution in [0.2, 0.25) is 0 Å². The van der Waals surface area contributed by atoms with E-state index in [0.29, 0.717) is 31.7 Å². The average molecular weight is 532 g/mol. The summed E-state index contributed by atoms with van der Waals surface area (Å²) in [6.45, 7) is 4.53. The van der Waals surface area contributed by atoms with Gasteiger partial charge in [0.1, 0.15) is 5.76 Å². The first-order chi connectivity index (χ1) is 17.6. The van der Waals surface area contributed by atoms with Gasteiger partial charge in [-0.1, -0.05) is 13.8 Å². The summed E-state index contributed by atoms with van der Waals surface area (Å²) in [6, 6.07) is 9.81. The van der Waals surface area contributed by atoms with Gasteiger partial charge in [-0.05, 0) is 48.4 Å².